The maximum absolute atomic E-state index is 11.8. The van der Waals surface area contributed by atoms with Crippen molar-refractivity contribution in [3.8, 4) is 0 Å². The van der Waals surface area contributed by atoms with Crippen LogP contribution in [0.15, 0.2) is 42.6 Å². The zero-order valence-corrected chi connectivity index (χ0v) is 14.3. The third kappa shape index (κ3) is 5.20. The minimum absolute atomic E-state index is 0.203. The lowest BCUT2D eigenvalue weighted by atomic mass is 10.2. The van der Waals surface area contributed by atoms with E-state index in [9.17, 15) is 14.4 Å². The number of carbonyl (C=O) groups excluding carboxylic acids is 3. The van der Waals surface area contributed by atoms with Gasteiger partial charge < -0.3 is 19.4 Å². The summed E-state index contributed by atoms with van der Waals surface area (Å²) < 4.78 is 11.6. The second-order valence-corrected chi connectivity index (χ2v) is 5.66. The molecule has 1 aromatic heterocycles. The summed E-state index contributed by atoms with van der Waals surface area (Å²) in [6.07, 6.45) is 1.51. The number of nitrogens with one attached hydrogen (secondary N) is 1. The number of rotatable bonds is 6. The monoisotopic (exact) mass is 344 g/mol. The van der Waals surface area contributed by atoms with Gasteiger partial charge in [0.05, 0.1) is 11.7 Å². The van der Waals surface area contributed by atoms with E-state index in [2.05, 4.69) is 5.32 Å². The van der Waals surface area contributed by atoms with Gasteiger partial charge in [-0.05, 0) is 50.2 Å². The molecule has 7 heteroatoms. The van der Waals surface area contributed by atoms with Crippen molar-refractivity contribution in [1.82, 2.24) is 4.57 Å². The van der Waals surface area contributed by atoms with Gasteiger partial charge >= 0.3 is 11.9 Å². The Kier molecular flexibility index (Phi) is 5.94. The molecular weight excluding hydrogens is 324 g/mol. The van der Waals surface area contributed by atoms with Gasteiger partial charge in [0, 0.05) is 18.9 Å². The molecule has 0 fully saturated rings. The number of hydrogen-bond acceptors (Lipinski definition) is 5. The van der Waals surface area contributed by atoms with E-state index < -0.39 is 24.5 Å². The Morgan fingerprint density at radius 1 is 1.08 bits per heavy atom. The smallest absolute Gasteiger partial charge is 0.355 e. The number of ether oxygens (including phenoxy) is 2. The third-order valence-electron chi connectivity index (χ3n) is 3.23. The van der Waals surface area contributed by atoms with Crippen LogP contribution in [0.2, 0.25) is 0 Å². The van der Waals surface area contributed by atoms with E-state index in [-0.39, 0.29) is 6.10 Å². The maximum atomic E-state index is 11.8. The highest BCUT2D eigenvalue weighted by Gasteiger charge is 2.13. The van der Waals surface area contributed by atoms with Gasteiger partial charge in [-0.2, -0.15) is 0 Å². The van der Waals surface area contributed by atoms with Crippen LogP contribution in [0.25, 0.3) is 0 Å². The van der Waals surface area contributed by atoms with Crippen LogP contribution >= 0.6 is 0 Å². The maximum Gasteiger partial charge on any atom is 0.355 e. The first kappa shape index (κ1) is 18.3. The van der Waals surface area contributed by atoms with E-state index in [1.165, 1.54) is 0 Å². The summed E-state index contributed by atoms with van der Waals surface area (Å²) in [6, 6.07) is 9.58. The predicted octanol–water partition coefficient (Wildman–Crippen LogP) is 2.39. The lowest BCUT2D eigenvalue weighted by Crippen LogP contribution is -2.21. The summed E-state index contributed by atoms with van der Waals surface area (Å²) in [5.41, 5.74) is 1.24. The summed E-state index contributed by atoms with van der Waals surface area (Å²) in [5.74, 6) is -1.47. The fourth-order valence-electron chi connectivity index (χ4n) is 2.05. The van der Waals surface area contributed by atoms with Crippen molar-refractivity contribution < 1.29 is 23.9 Å². The number of anilines is 1. The van der Waals surface area contributed by atoms with Crippen LogP contribution in [0.4, 0.5) is 5.69 Å². The van der Waals surface area contributed by atoms with Crippen LogP contribution in [0.5, 0.6) is 0 Å². The van der Waals surface area contributed by atoms with Crippen molar-refractivity contribution in [2.24, 2.45) is 7.05 Å². The van der Waals surface area contributed by atoms with Gasteiger partial charge in [0.2, 0.25) is 0 Å². The Balaban J connectivity index is 1.85. The molecule has 25 heavy (non-hydrogen) atoms. The number of aryl methyl sites for hydroxylation is 1. The Morgan fingerprint density at radius 3 is 2.32 bits per heavy atom. The van der Waals surface area contributed by atoms with Crippen LogP contribution in [-0.4, -0.2) is 35.1 Å². The molecule has 0 spiro atoms. The topological polar surface area (TPSA) is 86.6 Å². The Bertz CT molecular complexity index is 762. The molecule has 1 amide bonds. The summed E-state index contributed by atoms with van der Waals surface area (Å²) in [6.45, 7) is 3.13. The van der Waals surface area contributed by atoms with Gasteiger partial charge in [-0.3, -0.25) is 4.79 Å². The van der Waals surface area contributed by atoms with Crippen molar-refractivity contribution in [2.45, 2.75) is 20.0 Å². The van der Waals surface area contributed by atoms with Crippen molar-refractivity contribution >= 4 is 23.5 Å². The van der Waals surface area contributed by atoms with Crippen LogP contribution < -0.4 is 5.32 Å². The predicted molar refractivity (Wildman–Crippen MR) is 91.3 cm³/mol. The molecule has 0 bridgehead atoms. The highest BCUT2D eigenvalue weighted by Crippen LogP contribution is 2.11. The summed E-state index contributed by atoms with van der Waals surface area (Å²) in [5, 5.41) is 2.59. The zero-order valence-electron chi connectivity index (χ0n) is 14.3. The van der Waals surface area contributed by atoms with E-state index in [1.54, 1.807) is 68.1 Å². The number of nitrogens with zero attached hydrogens (tertiary/aromatic N) is 1. The van der Waals surface area contributed by atoms with E-state index in [4.69, 9.17) is 9.47 Å². The lowest BCUT2D eigenvalue weighted by Gasteiger charge is -2.09. The molecule has 7 nitrogen and oxygen atoms in total. The molecular formula is C18H20N2O5. The molecule has 0 aliphatic heterocycles. The zero-order chi connectivity index (χ0) is 18.4. The normalized spacial score (nSPS) is 10.4. The average Bonchev–Trinajstić information content (AvgIpc) is 2.99. The van der Waals surface area contributed by atoms with Crippen molar-refractivity contribution in [2.75, 3.05) is 11.9 Å². The van der Waals surface area contributed by atoms with Crippen molar-refractivity contribution in [3.63, 3.8) is 0 Å². The molecule has 0 atom stereocenters. The Hall–Kier alpha value is -3.09. The van der Waals surface area contributed by atoms with E-state index >= 15 is 0 Å². The number of esters is 2. The summed E-state index contributed by atoms with van der Waals surface area (Å²) >= 11 is 0. The van der Waals surface area contributed by atoms with E-state index in [1.807, 2.05) is 0 Å². The van der Waals surface area contributed by atoms with Gasteiger partial charge in [0.1, 0.15) is 5.69 Å². The molecule has 0 saturated heterocycles. The number of benzene rings is 1. The number of hydrogen-bond donors (Lipinski definition) is 1. The minimum atomic E-state index is -0.575. The van der Waals surface area contributed by atoms with E-state index in [0.717, 1.165) is 0 Å². The van der Waals surface area contributed by atoms with Gasteiger partial charge in [-0.1, -0.05) is 0 Å². The first-order valence-corrected chi connectivity index (χ1v) is 7.76. The van der Waals surface area contributed by atoms with Gasteiger partial charge in [0.25, 0.3) is 5.91 Å². The molecule has 1 N–H and O–H groups in total. The second kappa shape index (κ2) is 8.14. The molecule has 0 aliphatic rings. The highest BCUT2D eigenvalue weighted by atomic mass is 16.5. The summed E-state index contributed by atoms with van der Waals surface area (Å²) in [4.78, 5) is 35.4. The SMILES string of the molecule is CC(C)OC(=O)c1ccc(NC(=O)COC(=O)c2cccn2C)cc1. The third-order valence-corrected chi connectivity index (χ3v) is 3.23. The van der Waals surface area contributed by atoms with Crippen LogP contribution in [0, 0.1) is 0 Å². The van der Waals surface area contributed by atoms with E-state index in [0.29, 0.717) is 16.9 Å². The van der Waals surface area contributed by atoms with Crippen molar-refractivity contribution in [3.05, 3.63) is 53.9 Å². The Labute approximate surface area is 145 Å². The molecule has 0 unspecified atom stereocenters. The van der Waals surface area contributed by atoms with Crippen LogP contribution in [0.1, 0.15) is 34.7 Å². The van der Waals surface area contributed by atoms with Crippen LogP contribution in [0.3, 0.4) is 0 Å². The molecule has 0 saturated carbocycles. The van der Waals surface area contributed by atoms with Crippen LogP contribution in [-0.2, 0) is 21.3 Å². The fraction of sp³-hybridized carbons (Fsp3) is 0.278. The number of aromatic nitrogens is 1. The summed E-state index contributed by atoms with van der Waals surface area (Å²) in [7, 11) is 1.71. The molecule has 2 aromatic rings. The molecule has 1 aromatic carbocycles. The highest BCUT2D eigenvalue weighted by molar-refractivity contribution is 5.95. The molecule has 0 radical (unpaired) electrons. The molecule has 0 aliphatic carbocycles. The first-order valence-electron chi connectivity index (χ1n) is 7.76. The fourth-order valence-corrected chi connectivity index (χ4v) is 2.05. The van der Waals surface area contributed by atoms with Gasteiger partial charge in [-0.25, -0.2) is 9.59 Å². The minimum Gasteiger partial charge on any atom is -0.459 e. The van der Waals surface area contributed by atoms with Gasteiger partial charge in [-0.15, -0.1) is 0 Å². The Morgan fingerprint density at radius 2 is 1.76 bits per heavy atom. The van der Waals surface area contributed by atoms with Crippen molar-refractivity contribution in [1.29, 1.82) is 0 Å². The first-order chi connectivity index (χ1) is 11.9. The second-order valence-electron chi connectivity index (χ2n) is 5.66. The molecule has 132 valence electrons. The average molecular weight is 344 g/mol. The number of carbonyl (C=O) groups is 3. The molecule has 1 heterocycles. The largest absolute Gasteiger partial charge is 0.459 e. The van der Waals surface area contributed by atoms with Gasteiger partial charge in [0.15, 0.2) is 6.61 Å². The standard InChI is InChI=1S/C18H20N2O5/c1-12(2)25-17(22)13-6-8-14(9-7-13)19-16(21)11-24-18(23)15-5-4-10-20(15)3/h4-10,12H,11H2,1-3H3,(H,19,21). The molecule has 2 rings (SSSR count). The lowest BCUT2D eigenvalue weighted by molar-refractivity contribution is -0.119. The number of amides is 1. The quantitative estimate of drug-likeness (QED) is 0.813.